The van der Waals surface area contributed by atoms with Crippen LogP contribution in [0.15, 0.2) is 37.2 Å². The molecule has 0 radical (unpaired) electrons. The summed E-state index contributed by atoms with van der Waals surface area (Å²) in [5, 5.41) is 0. The zero-order valence-electron chi connectivity index (χ0n) is 16.0. The van der Waals surface area contributed by atoms with Crippen LogP contribution < -0.4 is 14.7 Å². The van der Waals surface area contributed by atoms with Gasteiger partial charge in [-0.05, 0) is 6.07 Å². The van der Waals surface area contributed by atoms with Crippen LogP contribution >= 0.6 is 0 Å². The van der Waals surface area contributed by atoms with Gasteiger partial charge in [0.25, 0.3) is 0 Å². The highest BCUT2D eigenvalue weighted by Gasteiger charge is 2.24. The first-order chi connectivity index (χ1) is 14.4. The number of nitrogens with zero attached hydrogens (tertiary/aromatic N) is 10. The van der Waals surface area contributed by atoms with Gasteiger partial charge in [0, 0.05) is 64.1 Å². The number of hydrogen-bond acceptors (Lipinski definition) is 10. The molecule has 29 heavy (non-hydrogen) atoms. The molecule has 5 heterocycles. The van der Waals surface area contributed by atoms with Crippen LogP contribution in [-0.2, 0) is 4.74 Å². The number of piperazine rings is 1. The fourth-order valence-corrected chi connectivity index (χ4v) is 3.44. The summed E-state index contributed by atoms with van der Waals surface area (Å²) in [5.74, 6) is 2.69. The standard InChI is InChI=1S/C18H22N10O/c1-2-20-15(21-3-1)25-6-8-26(9-7-25)16-22-17(27-10-12-29-13-11-27)24-18(23-16)28-5-4-19-14-28/h1-5,14H,6-13H2. The van der Waals surface area contributed by atoms with Gasteiger partial charge in [0.05, 0.1) is 13.2 Å². The van der Waals surface area contributed by atoms with Crippen molar-refractivity contribution in [3.63, 3.8) is 0 Å². The second-order valence-corrected chi connectivity index (χ2v) is 6.83. The largest absolute Gasteiger partial charge is 0.378 e. The summed E-state index contributed by atoms with van der Waals surface area (Å²) >= 11 is 0. The lowest BCUT2D eigenvalue weighted by atomic mass is 10.3. The number of hydrogen-bond donors (Lipinski definition) is 0. The Bertz CT molecular complexity index is 921. The molecule has 0 atom stereocenters. The van der Waals surface area contributed by atoms with Crippen LogP contribution in [0.4, 0.5) is 17.8 Å². The van der Waals surface area contributed by atoms with Crippen LogP contribution in [0.5, 0.6) is 0 Å². The number of aromatic nitrogens is 7. The van der Waals surface area contributed by atoms with E-state index in [9.17, 15) is 0 Å². The van der Waals surface area contributed by atoms with E-state index in [1.807, 2.05) is 16.8 Å². The molecule has 2 saturated heterocycles. The maximum absolute atomic E-state index is 5.47. The molecule has 0 bridgehead atoms. The molecule has 150 valence electrons. The van der Waals surface area contributed by atoms with Crippen molar-refractivity contribution < 1.29 is 4.74 Å². The normalized spacial score (nSPS) is 17.6. The minimum Gasteiger partial charge on any atom is -0.378 e. The number of ether oxygens (including phenoxy) is 1. The summed E-state index contributed by atoms with van der Waals surface area (Å²) in [6, 6.07) is 1.83. The summed E-state index contributed by atoms with van der Waals surface area (Å²) in [5.41, 5.74) is 0. The fourth-order valence-electron chi connectivity index (χ4n) is 3.44. The van der Waals surface area contributed by atoms with Crippen molar-refractivity contribution in [2.24, 2.45) is 0 Å². The number of imidazole rings is 1. The molecule has 3 aromatic heterocycles. The number of anilines is 3. The molecular weight excluding hydrogens is 372 g/mol. The Morgan fingerprint density at radius 2 is 1.24 bits per heavy atom. The van der Waals surface area contributed by atoms with Crippen molar-refractivity contribution in [3.05, 3.63) is 37.2 Å². The van der Waals surface area contributed by atoms with Gasteiger partial charge in [0.1, 0.15) is 6.33 Å². The summed E-state index contributed by atoms with van der Waals surface area (Å²) < 4.78 is 7.28. The van der Waals surface area contributed by atoms with Crippen LogP contribution in [0, 0.1) is 0 Å². The molecule has 2 fully saturated rings. The third kappa shape index (κ3) is 3.81. The number of morpholine rings is 1. The molecule has 2 aliphatic rings. The molecule has 3 aromatic rings. The van der Waals surface area contributed by atoms with Crippen LogP contribution in [0.25, 0.3) is 5.95 Å². The highest BCUT2D eigenvalue weighted by atomic mass is 16.5. The summed E-state index contributed by atoms with van der Waals surface area (Å²) in [7, 11) is 0. The fraction of sp³-hybridized carbons (Fsp3) is 0.444. The van der Waals surface area contributed by atoms with Crippen LogP contribution in [0.1, 0.15) is 0 Å². The zero-order chi connectivity index (χ0) is 19.5. The van der Waals surface area contributed by atoms with E-state index in [1.54, 1.807) is 24.9 Å². The predicted molar refractivity (Wildman–Crippen MR) is 106 cm³/mol. The van der Waals surface area contributed by atoms with Gasteiger partial charge in [-0.15, -0.1) is 0 Å². The monoisotopic (exact) mass is 394 g/mol. The van der Waals surface area contributed by atoms with Gasteiger partial charge in [-0.25, -0.2) is 15.0 Å². The molecule has 0 unspecified atom stereocenters. The van der Waals surface area contributed by atoms with E-state index in [0.717, 1.165) is 45.2 Å². The highest BCUT2D eigenvalue weighted by molar-refractivity contribution is 5.44. The van der Waals surface area contributed by atoms with E-state index in [2.05, 4.69) is 34.6 Å². The molecular formula is C18H22N10O. The average molecular weight is 394 g/mol. The Hall–Kier alpha value is -3.34. The van der Waals surface area contributed by atoms with E-state index in [0.29, 0.717) is 31.1 Å². The first-order valence-corrected chi connectivity index (χ1v) is 9.71. The molecule has 5 rings (SSSR count). The summed E-state index contributed by atoms with van der Waals surface area (Å²) in [6.07, 6.45) is 8.80. The number of rotatable bonds is 4. The minimum atomic E-state index is 0.572. The molecule has 0 N–H and O–H groups in total. The minimum absolute atomic E-state index is 0.572. The van der Waals surface area contributed by atoms with E-state index < -0.39 is 0 Å². The van der Waals surface area contributed by atoms with E-state index in [-0.39, 0.29) is 0 Å². The average Bonchev–Trinajstić information content (AvgIpc) is 3.35. The van der Waals surface area contributed by atoms with Gasteiger partial charge < -0.3 is 19.4 Å². The lowest BCUT2D eigenvalue weighted by Gasteiger charge is -2.35. The van der Waals surface area contributed by atoms with E-state index >= 15 is 0 Å². The second-order valence-electron chi connectivity index (χ2n) is 6.83. The third-order valence-electron chi connectivity index (χ3n) is 5.03. The first-order valence-electron chi connectivity index (χ1n) is 9.71. The molecule has 0 aliphatic carbocycles. The molecule has 2 aliphatic heterocycles. The van der Waals surface area contributed by atoms with Gasteiger partial charge in [0.2, 0.25) is 23.8 Å². The third-order valence-corrected chi connectivity index (χ3v) is 5.03. The molecule has 11 nitrogen and oxygen atoms in total. The van der Waals surface area contributed by atoms with Crippen molar-refractivity contribution in [3.8, 4) is 5.95 Å². The van der Waals surface area contributed by atoms with Crippen molar-refractivity contribution in [2.45, 2.75) is 0 Å². The van der Waals surface area contributed by atoms with Gasteiger partial charge in [-0.3, -0.25) is 4.57 Å². The van der Waals surface area contributed by atoms with Crippen molar-refractivity contribution in [2.75, 3.05) is 67.2 Å². The topological polar surface area (TPSA) is 101 Å². The Morgan fingerprint density at radius 1 is 0.655 bits per heavy atom. The Labute approximate surface area is 168 Å². The smallest absolute Gasteiger partial charge is 0.241 e. The van der Waals surface area contributed by atoms with Crippen LogP contribution in [0.3, 0.4) is 0 Å². The maximum Gasteiger partial charge on any atom is 0.241 e. The lowest BCUT2D eigenvalue weighted by Crippen LogP contribution is -2.48. The predicted octanol–water partition coefficient (Wildman–Crippen LogP) is 0.0105. The second kappa shape index (κ2) is 7.95. The summed E-state index contributed by atoms with van der Waals surface area (Å²) in [6.45, 7) is 6.08. The SMILES string of the molecule is c1cnc(N2CCN(c3nc(N4CCOCC4)nc(-n4ccnc4)n3)CC2)nc1. The van der Waals surface area contributed by atoms with Gasteiger partial charge in [-0.1, -0.05) is 0 Å². The van der Waals surface area contributed by atoms with Crippen LogP contribution in [-0.4, -0.2) is 87.0 Å². The molecule has 0 aromatic carbocycles. The highest BCUT2D eigenvalue weighted by Crippen LogP contribution is 2.19. The Balaban J connectivity index is 1.39. The molecule has 0 spiro atoms. The Kier molecular flexibility index (Phi) is 4.87. The zero-order valence-corrected chi connectivity index (χ0v) is 16.0. The molecule has 11 heteroatoms. The lowest BCUT2D eigenvalue weighted by molar-refractivity contribution is 0.122. The maximum atomic E-state index is 5.47. The van der Waals surface area contributed by atoms with E-state index in [1.165, 1.54) is 0 Å². The summed E-state index contributed by atoms with van der Waals surface area (Å²) in [4.78, 5) is 33.5. The van der Waals surface area contributed by atoms with Crippen molar-refractivity contribution in [1.82, 2.24) is 34.5 Å². The molecule has 0 saturated carbocycles. The van der Waals surface area contributed by atoms with Crippen molar-refractivity contribution >= 4 is 17.8 Å². The molecule has 0 amide bonds. The van der Waals surface area contributed by atoms with Gasteiger partial charge >= 0.3 is 0 Å². The van der Waals surface area contributed by atoms with Gasteiger partial charge in [-0.2, -0.15) is 15.0 Å². The first kappa shape index (κ1) is 17.7. The van der Waals surface area contributed by atoms with Crippen molar-refractivity contribution in [1.29, 1.82) is 0 Å². The van der Waals surface area contributed by atoms with E-state index in [4.69, 9.17) is 14.7 Å². The quantitative estimate of drug-likeness (QED) is 0.601. The Morgan fingerprint density at radius 3 is 1.86 bits per heavy atom. The van der Waals surface area contributed by atoms with Gasteiger partial charge in [0.15, 0.2) is 0 Å². The van der Waals surface area contributed by atoms with Crippen LogP contribution in [0.2, 0.25) is 0 Å².